The summed E-state index contributed by atoms with van der Waals surface area (Å²) in [6.07, 6.45) is 1.62. The van der Waals surface area contributed by atoms with E-state index in [0.29, 0.717) is 17.7 Å². The molecule has 3 rings (SSSR count). The van der Waals surface area contributed by atoms with Crippen LogP contribution in [0.15, 0.2) is 41.5 Å². The average molecular weight is 255 g/mol. The largest absolute Gasteiger partial charge is 0.369 e. The Hall–Kier alpha value is -2.63. The van der Waals surface area contributed by atoms with Crippen molar-refractivity contribution in [3.05, 3.63) is 52.6 Å². The van der Waals surface area contributed by atoms with Crippen LogP contribution < -0.4 is 11.3 Å². The highest BCUT2D eigenvalue weighted by Gasteiger charge is 2.12. The third-order valence-electron chi connectivity index (χ3n) is 3.09. The molecule has 0 atom stereocenters. The number of aromatic nitrogens is 4. The van der Waals surface area contributed by atoms with E-state index in [-0.39, 0.29) is 11.5 Å². The van der Waals surface area contributed by atoms with Crippen LogP contribution >= 0.6 is 0 Å². The van der Waals surface area contributed by atoms with Gasteiger partial charge in [-0.2, -0.15) is 4.98 Å². The van der Waals surface area contributed by atoms with Gasteiger partial charge in [-0.25, -0.2) is 4.98 Å². The quantitative estimate of drug-likeness (QED) is 0.733. The summed E-state index contributed by atoms with van der Waals surface area (Å²) < 4.78 is 3.12. The molecule has 2 N–H and O–H groups in total. The number of hydrogen-bond donors (Lipinski definition) is 1. The number of nitrogen functional groups attached to an aromatic ring is 1. The zero-order chi connectivity index (χ0) is 13.4. The number of anilines is 1. The Morgan fingerprint density at radius 2 is 2.00 bits per heavy atom. The molecule has 6 nitrogen and oxygen atoms in total. The lowest BCUT2D eigenvalue weighted by molar-refractivity contribution is 0.799. The molecule has 0 fully saturated rings. The maximum atomic E-state index is 12.2. The van der Waals surface area contributed by atoms with Crippen molar-refractivity contribution in [3.8, 4) is 0 Å². The Balaban J connectivity index is 2.16. The first-order chi connectivity index (χ1) is 9.16. The van der Waals surface area contributed by atoms with Gasteiger partial charge in [-0.15, -0.1) is 0 Å². The van der Waals surface area contributed by atoms with Crippen LogP contribution in [-0.2, 0) is 13.6 Å². The Kier molecular flexibility index (Phi) is 2.56. The summed E-state index contributed by atoms with van der Waals surface area (Å²) in [5, 5.41) is 0. The van der Waals surface area contributed by atoms with Gasteiger partial charge in [0.15, 0.2) is 11.2 Å². The molecule has 2 aromatic heterocycles. The van der Waals surface area contributed by atoms with Gasteiger partial charge in [0.1, 0.15) is 0 Å². The van der Waals surface area contributed by atoms with E-state index >= 15 is 0 Å². The van der Waals surface area contributed by atoms with Crippen LogP contribution in [0.25, 0.3) is 11.2 Å². The molecule has 2 heterocycles. The third-order valence-corrected chi connectivity index (χ3v) is 3.09. The van der Waals surface area contributed by atoms with Crippen LogP contribution in [0.1, 0.15) is 5.56 Å². The van der Waals surface area contributed by atoms with Crippen molar-refractivity contribution in [2.24, 2.45) is 7.05 Å². The average Bonchev–Trinajstić information content (AvgIpc) is 2.80. The monoisotopic (exact) mass is 255 g/mol. The highest BCUT2D eigenvalue weighted by atomic mass is 16.1. The van der Waals surface area contributed by atoms with E-state index in [1.165, 1.54) is 4.57 Å². The topological polar surface area (TPSA) is 78.7 Å². The van der Waals surface area contributed by atoms with Gasteiger partial charge < -0.3 is 10.3 Å². The van der Waals surface area contributed by atoms with Gasteiger partial charge in [-0.05, 0) is 5.56 Å². The van der Waals surface area contributed by atoms with E-state index in [1.54, 1.807) is 17.9 Å². The summed E-state index contributed by atoms with van der Waals surface area (Å²) in [6.45, 7) is 0.582. The summed E-state index contributed by atoms with van der Waals surface area (Å²) in [7, 11) is 1.60. The molecular formula is C13H13N5O. The number of imidazole rings is 1. The van der Waals surface area contributed by atoms with Gasteiger partial charge in [-0.1, -0.05) is 30.3 Å². The van der Waals surface area contributed by atoms with Gasteiger partial charge in [0.25, 0.3) is 5.56 Å². The molecule has 0 unspecified atom stereocenters. The predicted octanol–water partition coefficient (Wildman–Crippen LogP) is 0.760. The minimum Gasteiger partial charge on any atom is -0.369 e. The molecule has 96 valence electrons. The molecule has 0 aliphatic rings. The van der Waals surface area contributed by atoms with E-state index in [2.05, 4.69) is 9.97 Å². The lowest BCUT2D eigenvalue weighted by Crippen LogP contribution is -2.23. The summed E-state index contributed by atoms with van der Waals surface area (Å²) in [5.74, 6) is 0.169. The molecule has 0 bridgehead atoms. The number of hydrogen-bond acceptors (Lipinski definition) is 4. The summed E-state index contributed by atoms with van der Waals surface area (Å²) in [5.41, 5.74) is 7.42. The molecule has 6 heteroatoms. The standard InChI is InChI=1S/C13H13N5O/c1-17-12(19)10-11(16-13(17)14)15-8-18(10)7-9-5-3-2-4-6-9/h2-6,8H,7H2,1H3,(H2,14,16). The third kappa shape index (κ3) is 1.87. The predicted molar refractivity (Wildman–Crippen MR) is 72.7 cm³/mol. The minimum atomic E-state index is -0.184. The summed E-state index contributed by atoms with van der Waals surface area (Å²) in [4.78, 5) is 20.4. The minimum absolute atomic E-state index is 0.169. The van der Waals surface area contributed by atoms with Gasteiger partial charge in [-0.3, -0.25) is 9.36 Å². The number of nitrogens with zero attached hydrogens (tertiary/aromatic N) is 4. The molecule has 0 spiro atoms. The van der Waals surface area contributed by atoms with Gasteiger partial charge >= 0.3 is 0 Å². The van der Waals surface area contributed by atoms with E-state index in [1.807, 2.05) is 30.3 Å². The smallest absolute Gasteiger partial charge is 0.280 e. The molecule has 0 amide bonds. The molecule has 0 aliphatic heterocycles. The van der Waals surface area contributed by atoms with Crippen LogP contribution in [0.5, 0.6) is 0 Å². The van der Waals surface area contributed by atoms with Crippen molar-refractivity contribution in [1.82, 2.24) is 19.1 Å². The first kappa shape index (κ1) is 11.5. The van der Waals surface area contributed by atoms with E-state index in [0.717, 1.165) is 5.56 Å². The van der Waals surface area contributed by atoms with Crippen molar-refractivity contribution in [3.63, 3.8) is 0 Å². The Bertz CT molecular complexity index is 788. The van der Waals surface area contributed by atoms with Gasteiger partial charge in [0, 0.05) is 13.6 Å². The fraction of sp³-hybridized carbons (Fsp3) is 0.154. The molecule has 3 aromatic rings. The number of fused-ring (bicyclic) bond motifs is 1. The SMILES string of the molecule is Cn1c(N)nc2ncn(Cc3ccccc3)c2c1=O. The highest BCUT2D eigenvalue weighted by Crippen LogP contribution is 2.10. The fourth-order valence-corrected chi connectivity index (χ4v) is 2.02. The van der Waals surface area contributed by atoms with E-state index in [4.69, 9.17) is 5.73 Å². The number of nitrogens with two attached hydrogens (primary N) is 1. The fourth-order valence-electron chi connectivity index (χ4n) is 2.02. The van der Waals surface area contributed by atoms with Crippen LogP contribution in [0, 0.1) is 0 Å². The van der Waals surface area contributed by atoms with Crippen LogP contribution in [0.4, 0.5) is 5.95 Å². The second kappa shape index (κ2) is 4.24. The normalized spacial score (nSPS) is 11.0. The Morgan fingerprint density at radius 3 is 2.74 bits per heavy atom. The number of rotatable bonds is 2. The van der Waals surface area contributed by atoms with Crippen molar-refractivity contribution in [2.75, 3.05) is 5.73 Å². The van der Waals surface area contributed by atoms with Crippen LogP contribution in [0.3, 0.4) is 0 Å². The number of benzene rings is 1. The van der Waals surface area contributed by atoms with Crippen LogP contribution in [0.2, 0.25) is 0 Å². The van der Waals surface area contributed by atoms with Crippen molar-refractivity contribution in [2.45, 2.75) is 6.54 Å². The Morgan fingerprint density at radius 1 is 1.26 bits per heavy atom. The molecular weight excluding hydrogens is 242 g/mol. The van der Waals surface area contributed by atoms with E-state index in [9.17, 15) is 4.79 Å². The summed E-state index contributed by atoms with van der Waals surface area (Å²) >= 11 is 0. The first-order valence-corrected chi connectivity index (χ1v) is 5.88. The summed E-state index contributed by atoms with van der Waals surface area (Å²) in [6, 6.07) is 9.88. The second-order valence-corrected chi connectivity index (χ2v) is 4.36. The van der Waals surface area contributed by atoms with Gasteiger partial charge in [0.2, 0.25) is 5.95 Å². The molecule has 0 saturated carbocycles. The van der Waals surface area contributed by atoms with Crippen LogP contribution in [-0.4, -0.2) is 19.1 Å². The molecule has 0 radical (unpaired) electrons. The highest BCUT2D eigenvalue weighted by molar-refractivity contribution is 5.71. The zero-order valence-electron chi connectivity index (χ0n) is 10.4. The molecule has 1 aromatic carbocycles. The van der Waals surface area contributed by atoms with Crippen molar-refractivity contribution >= 4 is 17.1 Å². The lowest BCUT2D eigenvalue weighted by Gasteiger charge is -2.05. The first-order valence-electron chi connectivity index (χ1n) is 5.88. The second-order valence-electron chi connectivity index (χ2n) is 4.36. The molecule has 0 aliphatic carbocycles. The van der Waals surface area contributed by atoms with Crippen molar-refractivity contribution in [1.29, 1.82) is 0 Å². The molecule has 0 saturated heterocycles. The maximum absolute atomic E-state index is 12.2. The lowest BCUT2D eigenvalue weighted by atomic mass is 10.2. The maximum Gasteiger partial charge on any atom is 0.280 e. The van der Waals surface area contributed by atoms with Crippen molar-refractivity contribution < 1.29 is 0 Å². The van der Waals surface area contributed by atoms with E-state index < -0.39 is 0 Å². The Labute approximate surface area is 109 Å². The molecule has 19 heavy (non-hydrogen) atoms. The van der Waals surface area contributed by atoms with Gasteiger partial charge in [0.05, 0.1) is 6.33 Å². The zero-order valence-corrected chi connectivity index (χ0v) is 10.4.